The molecule has 0 bridgehead atoms. The summed E-state index contributed by atoms with van der Waals surface area (Å²) in [5.74, 6) is -1.42. The molecular weight excluding hydrogens is 283 g/mol. The molecule has 0 aliphatic heterocycles. The number of hydrogen-bond acceptors (Lipinski definition) is 3. The van der Waals surface area contributed by atoms with Crippen LogP contribution in [0, 0.1) is 22.6 Å². The van der Waals surface area contributed by atoms with Crippen molar-refractivity contribution >= 4 is 11.7 Å². The highest BCUT2D eigenvalue weighted by atomic mass is 19.1. The molecule has 2 rings (SSSR count). The average molecular weight is 300 g/mol. The maximum absolute atomic E-state index is 13.7. The number of allylic oxidation sites excluding steroid dienone is 1. The smallest absolute Gasteiger partial charge is 0.254 e. The topological polar surface area (TPSA) is 70.0 Å². The predicted octanol–water partition coefficient (Wildman–Crippen LogP) is 2.76. The summed E-state index contributed by atoms with van der Waals surface area (Å²) in [5, 5.41) is 11.8. The van der Waals surface area contributed by atoms with Gasteiger partial charge >= 0.3 is 0 Å². The number of carbonyl (C=O) groups is 2. The first-order valence-electron chi connectivity index (χ1n) is 6.93. The molecule has 0 saturated heterocycles. The van der Waals surface area contributed by atoms with Crippen LogP contribution in [0.3, 0.4) is 0 Å². The number of Topliss-reactive ketones (excluding diaryl/α,β-unsaturated/α-hetero) is 1. The standard InChI is InChI=1S/C17H17FN2O2/c1-16(2)10-17(3,8-11(9-19)14(16)21)20-15(22)12-6-4-5-7-13(12)18/h4-8H,10H2,1-3H3,(H,20,22). The number of nitrogens with zero attached hydrogens (tertiary/aromatic N) is 1. The molecule has 0 saturated carbocycles. The molecule has 0 radical (unpaired) electrons. The van der Waals surface area contributed by atoms with Gasteiger partial charge in [0.1, 0.15) is 11.9 Å². The van der Waals surface area contributed by atoms with Gasteiger partial charge < -0.3 is 5.32 Å². The zero-order valence-corrected chi connectivity index (χ0v) is 12.7. The van der Waals surface area contributed by atoms with Gasteiger partial charge in [0, 0.05) is 5.41 Å². The summed E-state index contributed by atoms with van der Waals surface area (Å²) in [6.07, 6.45) is 1.80. The van der Waals surface area contributed by atoms with E-state index in [4.69, 9.17) is 5.26 Å². The van der Waals surface area contributed by atoms with Crippen molar-refractivity contribution < 1.29 is 14.0 Å². The van der Waals surface area contributed by atoms with Gasteiger partial charge in [-0.2, -0.15) is 5.26 Å². The number of nitrogens with one attached hydrogen (secondary N) is 1. The lowest BCUT2D eigenvalue weighted by molar-refractivity contribution is -0.124. The van der Waals surface area contributed by atoms with Gasteiger partial charge in [0.2, 0.25) is 0 Å². The van der Waals surface area contributed by atoms with Crippen molar-refractivity contribution in [2.24, 2.45) is 5.41 Å². The first-order valence-corrected chi connectivity index (χ1v) is 6.93. The van der Waals surface area contributed by atoms with E-state index in [1.54, 1.807) is 26.8 Å². The lowest BCUT2D eigenvalue weighted by Crippen LogP contribution is -2.52. The zero-order chi connectivity index (χ0) is 16.5. The number of benzene rings is 1. The van der Waals surface area contributed by atoms with Crippen molar-refractivity contribution in [3.05, 3.63) is 47.3 Å². The fourth-order valence-corrected chi connectivity index (χ4v) is 2.93. The predicted molar refractivity (Wildman–Crippen MR) is 79.4 cm³/mol. The van der Waals surface area contributed by atoms with Crippen molar-refractivity contribution in [3.63, 3.8) is 0 Å². The minimum atomic E-state index is -0.887. The quantitative estimate of drug-likeness (QED) is 0.913. The van der Waals surface area contributed by atoms with E-state index in [1.165, 1.54) is 24.3 Å². The third kappa shape index (κ3) is 2.91. The molecule has 4 nitrogen and oxygen atoms in total. The number of amides is 1. The maximum atomic E-state index is 13.7. The molecule has 1 atom stereocenters. The molecule has 114 valence electrons. The summed E-state index contributed by atoms with van der Waals surface area (Å²) in [4.78, 5) is 24.4. The van der Waals surface area contributed by atoms with Crippen LogP contribution in [-0.4, -0.2) is 17.2 Å². The van der Waals surface area contributed by atoms with Gasteiger partial charge in [0.15, 0.2) is 5.78 Å². The van der Waals surface area contributed by atoms with Crippen molar-refractivity contribution in [1.29, 1.82) is 5.26 Å². The molecule has 1 aliphatic carbocycles. The second-order valence-electron chi connectivity index (χ2n) is 6.41. The third-order valence-corrected chi connectivity index (χ3v) is 3.77. The summed E-state index contributed by atoms with van der Waals surface area (Å²) in [6, 6.07) is 7.55. The highest BCUT2D eigenvalue weighted by Crippen LogP contribution is 2.37. The number of rotatable bonds is 2. The number of halogens is 1. The minimum absolute atomic E-state index is 0.0209. The molecule has 1 N–H and O–H groups in total. The van der Waals surface area contributed by atoms with E-state index in [0.717, 1.165) is 0 Å². The molecule has 0 fully saturated rings. The summed E-state index contributed by atoms with van der Waals surface area (Å²) in [5.41, 5.74) is -1.70. The van der Waals surface area contributed by atoms with E-state index >= 15 is 0 Å². The Balaban J connectivity index is 2.34. The summed E-state index contributed by atoms with van der Waals surface area (Å²) < 4.78 is 13.7. The summed E-state index contributed by atoms with van der Waals surface area (Å²) >= 11 is 0. The van der Waals surface area contributed by atoms with Gasteiger partial charge in [-0.05, 0) is 31.6 Å². The van der Waals surface area contributed by atoms with Crippen molar-refractivity contribution in [2.45, 2.75) is 32.7 Å². The van der Waals surface area contributed by atoms with E-state index in [0.29, 0.717) is 6.42 Å². The highest BCUT2D eigenvalue weighted by molar-refractivity contribution is 6.04. The largest absolute Gasteiger partial charge is 0.343 e. The van der Waals surface area contributed by atoms with Crippen LogP contribution in [-0.2, 0) is 4.79 Å². The molecule has 1 aromatic carbocycles. The van der Waals surface area contributed by atoms with Gasteiger partial charge in [-0.3, -0.25) is 9.59 Å². The number of nitriles is 1. The van der Waals surface area contributed by atoms with Crippen LogP contribution < -0.4 is 5.32 Å². The van der Waals surface area contributed by atoms with E-state index in [9.17, 15) is 14.0 Å². The molecular formula is C17H17FN2O2. The average Bonchev–Trinajstić information content (AvgIpc) is 2.42. The maximum Gasteiger partial charge on any atom is 0.254 e. The van der Waals surface area contributed by atoms with Crippen molar-refractivity contribution in [2.75, 3.05) is 0 Å². The van der Waals surface area contributed by atoms with Crippen LogP contribution in [0.1, 0.15) is 37.6 Å². The van der Waals surface area contributed by atoms with Gasteiger partial charge in [-0.1, -0.05) is 26.0 Å². The summed E-state index contributed by atoms with van der Waals surface area (Å²) in [6.45, 7) is 5.18. The molecule has 0 heterocycles. The SMILES string of the molecule is CC1(NC(=O)c2ccccc2F)C=C(C#N)C(=O)C(C)(C)C1. The Kier molecular flexibility index (Phi) is 3.89. The monoisotopic (exact) mass is 300 g/mol. The van der Waals surface area contributed by atoms with Crippen molar-refractivity contribution in [3.8, 4) is 6.07 Å². The molecule has 5 heteroatoms. The Bertz CT molecular complexity index is 716. The van der Waals surface area contributed by atoms with E-state index in [1.807, 2.05) is 6.07 Å². The Morgan fingerprint density at radius 3 is 2.55 bits per heavy atom. The lowest BCUT2D eigenvalue weighted by atomic mass is 9.69. The van der Waals surface area contributed by atoms with E-state index in [2.05, 4.69) is 5.32 Å². The zero-order valence-electron chi connectivity index (χ0n) is 12.7. The van der Waals surface area contributed by atoms with Gasteiger partial charge in [-0.15, -0.1) is 0 Å². The lowest BCUT2D eigenvalue weighted by Gasteiger charge is -2.39. The molecule has 1 aromatic rings. The Hall–Kier alpha value is -2.48. The van der Waals surface area contributed by atoms with Gasteiger partial charge in [0.25, 0.3) is 5.91 Å². The first kappa shape index (κ1) is 15.9. The number of carbonyl (C=O) groups excluding carboxylic acids is 2. The highest BCUT2D eigenvalue weighted by Gasteiger charge is 2.43. The van der Waals surface area contributed by atoms with Crippen LogP contribution in [0.25, 0.3) is 0 Å². The van der Waals surface area contributed by atoms with Crippen molar-refractivity contribution in [1.82, 2.24) is 5.32 Å². The van der Waals surface area contributed by atoms with E-state index in [-0.39, 0.29) is 16.9 Å². The second kappa shape index (κ2) is 5.38. The molecule has 22 heavy (non-hydrogen) atoms. The summed E-state index contributed by atoms with van der Waals surface area (Å²) in [7, 11) is 0. The Morgan fingerprint density at radius 2 is 1.95 bits per heavy atom. The first-order chi connectivity index (χ1) is 10.2. The second-order valence-corrected chi connectivity index (χ2v) is 6.41. The van der Waals surface area contributed by atoms with Gasteiger partial charge in [-0.25, -0.2) is 4.39 Å². The van der Waals surface area contributed by atoms with Crippen LogP contribution in [0.5, 0.6) is 0 Å². The van der Waals surface area contributed by atoms with Crippen LogP contribution in [0.2, 0.25) is 0 Å². The molecule has 0 spiro atoms. The van der Waals surface area contributed by atoms with Crippen LogP contribution in [0.4, 0.5) is 4.39 Å². The normalized spacial score (nSPS) is 23.4. The molecule has 0 aromatic heterocycles. The fourth-order valence-electron chi connectivity index (χ4n) is 2.93. The third-order valence-electron chi connectivity index (χ3n) is 3.77. The number of ketones is 1. The fraction of sp³-hybridized carbons (Fsp3) is 0.353. The van der Waals surface area contributed by atoms with E-state index < -0.39 is 22.7 Å². The Morgan fingerprint density at radius 1 is 1.32 bits per heavy atom. The number of hydrogen-bond donors (Lipinski definition) is 1. The Labute approximate surface area is 128 Å². The molecule has 1 aliphatic rings. The van der Waals surface area contributed by atoms with Crippen LogP contribution >= 0.6 is 0 Å². The molecule has 1 unspecified atom stereocenters. The van der Waals surface area contributed by atoms with Gasteiger partial charge in [0.05, 0.1) is 16.7 Å². The minimum Gasteiger partial charge on any atom is -0.343 e. The molecule has 1 amide bonds. The van der Waals surface area contributed by atoms with Crippen LogP contribution in [0.15, 0.2) is 35.9 Å².